The number of para-hydroxylation sites is 1. The molecule has 1 aromatic heterocycles. The van der Waals surface area contributed by atoms with Crippen LogP contribution in [0.4, 0.5) is 17.6 Å². The molecule has 4 rings (SSSR count). The summed E-state index contributed by atoms with van der Waals surface area (Å²) in [6.45, 7) is -0.586. The van der Waals surface area contributed by atoms with E-state index in [1.807, 2.05) is 0 Å². The van der Waals surface area contributed by atoms with Crippen molar-refractivity contribution >= 4 is 17.5 Å². The third-order valence-corrected chi connectivity index (χ3v) is 5.77. The van der Waals surface area contributed by atoms with Crippen molar-refractivity contribution in [3.63, 3.8) is 0 Å². The molecule has 0 bridgehead atoms. The van der Waals surface area contributed by atoms with Crippen LogP contribution in [0.25, 0.3) is 11.4 Å². The highest BCUT2D eigenvalue weighted by atomic mass is 35.5. The zero-order chi connectivity index (χ0) is 27.3. The summed E-state index contributed by atoms with van der Waals surface area (Å²) in [6.07, 6.45) is -4.78. The molecular weight excluding hydrogens is 528 g/mol. The molecule has 1 heterocycles. The molecule has 38 heavy (non-hydrogen) atoms. The van der Waals surface area contributed by atoms with E-state index in [9.17, 15) is 27.2 Å². The number of rotatable bonds is 9. The molecule has 198 valence electrons. The number of carbonyl (C=O) groups is 1. The first-order valence-corrected chi connectivity index (χ1v) is 11.8. The largest absolute Gasteiger partial charge is 0.573 e. The van der Waals surface area contributed by atoms with E-state index in [0.717, 1.165) is 4.68 Å². The van der Waals surface area contributed by atoms with Gasteiger partial charge < -0.3 is 10.1 Å². The second kappa shape index (κ2) is 11.5. The van der Waals surface area contributed by atoms with Crippen LogP contribution in [0.5, 0.6) is 5.75 Å². The van der Waals surface area contributed by atoms with Gasteiger partial charge in [0.05, 0.1) is 6.54 Å². The molecule has 3 aromatic carbocycles. The predicted molar refractivity (Wildman–Crippen MR) is 132 cm³/mol. The molecule has 0 spiro atoms. The fourth-order valence-corrected chi connectivity index (χ4v) is 3.89. The summed E-state index contributed by atoms with van der Waals surface area (Å²) in [6, 6.07) is 18.1. The van der Waals surface area contributed by atoms with Crippen molar-refractivity contribution in [2.75, 3.05) is 6.54 Å². The Morgan fingerprint density at radius 2 is 1.63 bits per heavy atom. The quantitative estimate of drug-likeness (QED) is 0.305. The Bertz CT molecular complexity index is 1480. The minimum atomic E-state index is -4.84. The second-order valence-corrected chi connectivity index (χ2v) is 8.64. The molecule has 0 saturated carbocycles. The topological polar surface area (TPSA) is 78.2 Å². The highest BCUT2D eigenvalue weighted by molar-refractivity contribution is 6.30. The average molecular weight is 549 g/mol. The smallest absolute Gasteiger partial charge is 0.406 e. The van der Waals surface area contributed by atoms with Gasteiger partial charge in [-0.1, -0.05) is 48.0 Å². The molecule has 12 heteroatoms. The van der Waals surface area contributed by atoms with Crippen LogP contribution >= 0.6 is 11.6 Å². The number of nitrogens with zero attached hydrogens (tertiary/aromatic N) is 3. The summed E-state index contributed by atoms with van der Waals surface area (Å²) in [5.41, 5.74) is 0.399. The number of ether oxygens (including phenoxy) is 1. The monoisotopic (exact) mass is 548 g/mol. The van der Waals surface area contributed by atoms with Gasteiger partial charge >= 0.3 is 12.1 Å². The fourth-order valence-electron chi connectivity index (χ4n) is 3.76. The van der Waals surface area contributed by atoms with Crippen molar-refractivity contribution in [1.82, 2.24) is 19.7 Å². The molecule has 0 saturated heterocycles. The number of amides is 1. The zero-order valence-corrected chi connectivity index (χ0v) is 20.5. The Balaban J connectivity index is 1.51. The van der Waals surface area contributed by atoms with Crippen LogP contribution in [-0.4, -0.2) is 33.2 Å². The summed E-state index contributed by atoms with van der Waals surface area (Å²) in [5, 5.41) is 7.33. The minimum Gasteiger partial charge on any atom is -0.406 e. The summed E-state index contributed by atoms with van der Waals surface area (Å²) in [4.78, 5) is 25.7. The van der Waals surface area contributed by atoms with Gasteiger partial charge in [-0.15, -0.1) is 18.3 Å². The zero-order valence-electron chi connectivity index (χ0n) is 19.7. The lowest BCUT2D eigenvalue weighted by molar-refractivity contribution is -0.274. The second-order valence-electron chi connectivity index (χ2n) is 8.20. The molecule has 7 nitrogen and oxygen atoms in total. The van der Waals surface area contributed by atoms with E-state index in [1.54, 1.807) is 36.4 Å². The third kappa shape index (κ3) is 6.80. The Morgan fingerprint density at radius 3 is 2.32 bits per heavy atom. The molecule has 1 amide bonds. The van der Waals surface area contributed by atoms with Crippen LogP contribution in [0.2, 0.25) is 5.02 Å². The number of hydrogen-bond donors (Lipinski definition) is 1. The molecule has 1 N–H and O–H groups in total. The Morgan fingerprint density at radius 1 is 0.974 bits per heavy atom. The van der Waals surface area contributed by atoms with Gasteiger partial charge in [-0.05, 0) is 48.4 Å². The number of hydrogen-bond acceptors (Lipinski definition) is 4. The van der Waals surface area contributed by atoms with Crippen molar-refractivity contribution in [2.24, 2.45) is 0 Å². The number of aromatic nitrogens is 3. The van der Waals surface area contributed by atoms with Gasteiger partial charge in [-0.3, -0.25) is 9.36 Å². The van der Waals surface area contributed by atoms with E-state index in [4.69, 9.17) is 11.6 Å². The first-order valence-electron chi connectivity index (χ1n) is 11.4. The normalized spacial score (nSPS) is 11.4. The lowest BCUT2D eigenvalue weighted by Gasteiger charge is -2.13. The molecule has 0 aliphatic heterocycles. The molecule has 0 fully saturated rings. The van der Waals surface area contributed by atoms with Gasteiger partial charge in [-0.2, -0.15) is 0 Å². The van der Waals surface area contributed by atoms with E-state index in [0.29, 0.717) is 10.6 Å². The van der Waals surface area contributed by atoms with Crippen molar-refractivity contribution in [3.05, 3.63) is 105 Å². The highest BCUT2D eigenvalue weighted by Gasteiger charge is 2.31. The van der Waals surface area contributed by atoms with Gasteiger partial charge in [0.2, 0.25) is 5.91 Å². The average Bonchev–Trinajstić information content (AvgIpc) is 3.16. The first-order chi connectivity index (χ1) is 18.1. The molecular formula is C26H21ClF4N4O3. The Hall–Kier alpha value is -4.12. The van der Waals surface area contributed by atoms with Crippen molar-refractivity contribution in [3.8, 4) is 17.1 Å². The minimum absolute atomic E-state index is 0.00814. The number of benzene rings is 3. The lowest BCUT2D eigenvalue weighted by Crippen LogP contribution is -2.34. The highest BCUT2D eigenvalue weighted by Crippen LogP contribution is 2.26. The maximum atomic E-state index is 14.3. The number of alkyl halides is 3. The van der Waals surface area contributed by atoms with Crippen LogP contribution in [0.1, 0.15) is 11.1 Å². The SMILES string of the molecule is O=C(Cn1nc(-c2ccc(Cl)cc2)n(Cc2ccccc2F)c1=O)NCCc1ccccc1OC(F)(F)F. The fraction of sp³-hybridized carbons (Fsp3) is 0.192. The van der Waals surface area contributed by atoms with E-state index >= 15 is 0 Å². The van der Waals surface area contributed by atoms with Crippen LogP contribution in [-0.2, 0) is 24.3 Å². The van der Waals surface area contributed by atoms with Crippen LogP contribution < -0.4 is 15.7 Å². The van der Waals surface area contributed by atoms with E-state index < -0.39 is 30.3 Å². The summed E-state index contributed by atoms with van der Waals surface area (Å²) >= 11 is 5.97. The molecule has 0 aliphatic rings. The Labute approximate surface area is 219 Å². The molecule has 0 atom stereocenters. The molecule has 0 radical (unpaired) electrons. The molecule has 4 aromatic rings. The molecule has 0 aliphatic carbocycles. The maximum absolute atomic E-state index is 14.3. The van der Waals surface area contributed by atoms with Gasteiger partial charge in [0, 0.05) is 22.7 Å². The standard InChI is InChI=1S/C26H21ClF4N4O3/c27-20-11-9-18(10-12-20)24-33-35(25(37)34(24)15-19-6-1-3-7-21(19)28)16-23(36)32-14-13-17-5-2-4-8-22(17)38-26(29,30)31/h1-12H,13-16H2,(H,32,36). The Kier molecular flexibility index (Phi) is 8.16. The summed E-state index contributed by atoms with van der Waals surface area (Å²) in [5.74, 6) is -1.23. The van der Waals surface area contributed by atoms with Gasteiger partial charge in [0.1, 0.15) is 18.1 Å². The number of nitrogens with one attached hydrogen (secondary N) is 1. The van der Waals surface area contributed by atoms with Crippen LogP contribution in [0.3, 0.4) is 0 Å². The van der Waals surface area contributed by atoms with Gasteiger partial charge in [-0.25, -0.2) is 13.9 Å². The van der Waals surface area contributed by atoms with Gasteiger partial charge in [0.15, 0.2) is 5.82 Å². The van der Waals surface area contributed by atoms with Crippen molar-refractivity contribution < 1.29 is 27.1 Å². The maximum Gasteiger partial charge on any atom is 0.573 e. The number of halogens is 5. The van der Waals surface area contributed by atoms with E-state index in [1.165, 1.54) is 41.0 Å². The third-order valence-electron chi connectivity index (χ3n) is 5.52. The lowest BCUT2D eigenvalue weighted by atomic mass is 10.1. The van der Waals surface area contributed by atoms with E-state index in [2.05, 4.69) is 15.2 Å². The van der Waals surface area contributed by atoms with Gasteiger partial charge in [0.25, 0.3) is 0 Å². The summed E-state index contributed by atoms with van der Waals surface area (Å²) < 4.78 is 58.4. The first kappa shape index (κ1) is 26.9. The van der Waals surface area contributed by atoms with Crippen LogP contribution in [0, 0.1) is 5.82 Å². The molecule has 0 unspecified atom stereocenters. The summed E-state index contributed by atoms with van der Waals surface area (Å²) in [7, 11) is 0. The van der Waals surface area contributed by atoms with Crippen LogP contribution in [0.15, 0.2) is 77.6 Å². The van der Waals surface area contributed by atoms with Crippen molar-refractivity contribution in [2.45, 2.75) is 25.9 Å². The van der Waals surface area contributed by atoms with E-state index in [-0.39, 0.29) is 42.2 Å². The predicted octanol–water partition coefficient (Wildman–Crippen LogP) is 4.81. The number of carbonyl (C=O) groups excluding carboxylic acids is 1. The van der Waals surface area contributed by atoms with Crippen molar-refractivity contribution in [1.29, 1.82) is 0 Å².